The molecule has 2 heterocycles. The molecule has 156 valence electrons. The van der Waals surface area contributed by atoms with E-state index >= 15 is 0 Å². The zero-order valence-electron chi connectivity index (χ0n) is 17.9. The van der Waals surface area contributed by atoms with Crippen LogP contribution in [0.5, 0.6) is 11.5 Å². The summed E-state index contributed by atoms with van der Waals surface area (Å²) in [6.07, 6.45) is 9.18. The summed E-state index contributed by atoms with van der Waals surface area (Å²) in [5.74, 6) is 1.85. The van der Waals surface area contributed by atoms with E-state index in [2.05, 4.69) is 50.2 Å². The Hall–Kier alpha value is -1.84. The maximum Gasteiger partial charge on any atom is 0.133 e. The van der Waals surface area contributed by atoms with Crippen molar-refractivity contribution in [3.63, 3.8) is 0 Å². The Bertz CT molecular complexity index is 734. The van der Waals surface area contributed by atoms with Crippen molar-refractivity contribution in [1.82, 2.24) is 0 Å². The molecule has 2 fully saturated rings. The van der Waals surface area contributed by atoms with Gasteiger partial charge in [-0.15, -0.1) is 0 Å². The first-order valence-electron chi connectivity index (χ1n) is 11.4. The molecule has 3 nitrogen and oxygen atoms in total. The highest BCUT2D eigenvalue weighted by Crippen LogP contribution is 2.41. The predicted octanol–water partition coefficient (Wildman–Crippen LogP) is 7.09. The lowest BCUT2D eigenvalue weighted by atomic mass is 9.96. The minimum Gasteiger partial charge on any atom is -0.457 e. The standard InChI is InChI=1S/C26H34O3/c1-3-19-11-13-25(21(17-19)23-9-5-7-15-27-23)29-26-14-12-20(4-2)18-22(26)24-10-6-8-16-28-24/h11-14,17-18,23-24H,3-10,15-16H2,1-2H3. The van der Waals surface area contributed by atoms with Crippen LogP contribution in [0.2, 0.25) is 0 Å². The molecule has 2 aliphatic rings. The average molecular weight is 395 g/mol. The third kappa shape index (κ3) is 4.84. The van der Waals surface area contributed by atoms with Crippen LogP contribution in [0.25, 0.3) is 0 Å². The van der Waals surface area contributed by atoms with Crippen molar-refractivity contribution in [3.05, 3.63) is 58.7 Å². The van der Waals surface area contributed by atoms with Crippen LogP contribution >= 0.6 is 0 Å². The Balaban J connectivity index is 1.68. The third-order valence-electron chi connectivity index (χ3n) is 6.24. The maximum atomic E-state index is 6.59. The molecule has 2 aromatic carbocycles. The zero-order chi connectivity index (χ0) is 20.1. The zero-order valence-corrected chi connectivity index (χ0v) is 17.9. The molecule has 3 heteroatoms. The molecular formula is C26H34O3. The van der Waals surface area contributed by atoms with Crippen molar-refractivity contribution < 1.29 is 14.2 Å². The molecule has 0 amide bonds. The molecule has 0 spiro atoms. The van der Waals surface area contributed by atoms with Gasteiger partial charge in [-0.05, 0) is 86.8 Å². The second kappa shape index (κ2) is 9.77. The molecule has 0 bridgehead atoms. The van der Waals surface area contributed by atoms with Crippen LogP contribution in [-0.2, 0) is 22.3 Å². The van der Waals surface area contributed by atoms with E-state index in [1.165, 1.54) is 35.1 Å². The highest BCUT2D eigenvalue weighted by Gasteiger charge is 2.24. The van der Waals surface area contributed by atoms with Crippen molar-refractivity contribution in [2.75, 3.05) is 13.2 Å². The lowest BCUT2D eigenvalue weighted by Crippen LogP contribution is -2.14. The van der Waals surface area contributed by atoms with E-state index in [0.29, 0.717) is 0 Å². The van der Waals surface area contributed by atoms with Crippen LogP contribution in [0, 0.1) is 0 Å². The van der Waals surface area contributed by atoms with E-state index in [9.17, 15) is 0 Å². The minimum absolute atomic E-state index is 0.134. The molecule has 2 atom stereocenters. The highest BCUT2D eigenvalue weighted by atomic mass is 16.5. The van der Waals surface area contributed by atoms with Gasteiger partial charge in [0.15, 0.2) is 0 Å². The number of hydrogen-bond donors (Lipinski definition) is 0. The Morgan fingerprint density at radius 1 is 0.724 bits per heavy atom. The molecule has 0 radical (unpaired) electrons. The molecule has 4 rings (SSSR count). The summed E-state index contributed by atoms with van der Waals surface area (Å²) in [6.45, 7) is 6.08. The summed E-state index contributed by atoms with van der Waals surface area (Å²) < 4.78 is 18.8. The summed E-state index contributed by atoms with van der Waals surface area (Å²) in [4.78, 5) is 0. The van der Waals surface area contributed by atoms with Crippen molar-refractivity contribution in [2.24, 2.45) is 0 Å². The van der Waals surface area contributed by atoms with Crippen molar-refractivity contribution >= 4 is 0 Å². The molecule has 2 aromatic rings. The van der Waals surface area contributed by atoms with Gasteiger partial charge in [0.05, 0.1) is 12.2 Å². The van der Waals surface area contributed by atoms with Crippen molar-refractivity contribution in [2.45, 2.75) is 77.4 Å². The summed E-state index contributed by atoms with van der Waals surface area (Å²) in [7, 11) is 0. The molecule has 29 heavy (non-hydrogen) atoms. The number of hydrogen-bond acceptors (Lipinski definition) is 3. The summed E-state index contributed by atoms with van der Waals surface area (Å²) in [5, 5.41) is 0. The number of rotatable bonds is 6. The van der Waals surface area contributed by atoms with Crippen LogP contribution in [0.3, 0.4) is 0 Å². The molecule has 0 aliphatic carbocycles. The Labute approximate surface area is 175 Å². The second-order valence-electron chi connectivity index (χ2n) is 8.26. The lowest BCUT2D eigenvalue weighted by molar-refractivity contribution is 0.0122. The molecule has 2 aliphatic heterocycles. The third-order valence-corrected chi connectivity index (χ3v) is 6.24. The van der Waals surface area contributed by atoms with E-state index in [-0.39, 0.29) is 12.2 Å². The first-order valence-corrected chi connectivity index (χ1v) is 11.4. The molecular weight excluding hydrogens is 360 g/mol. The summed E-state index contributed by atoms with van der Waals surface area (Å²) >= 11 is 0. The first kappa shape index (κ1) is 20.4. The quantitative estimate of drug-likeness (QED) is 0.523. The van der Waals surface area contributed by atoms with Crippen molar-refractivity contribution in [3.8, 4) is 11.5 Å². The van der Waals surface area contributed by atoms with Gasteiger partial charge in [0.25, 0.3) is 0 Å². The number of ether oxygens (including phenoxy) is 3. The fourth-order valence-corrected chi connectivity index (χ4v) is 4.42. The van der Waals surface area contributed by atoms with Gasteiger partial charge in [-0.3, -0.25) is 0 Å². The molecule has 2 unspecified atom stereocenters. The first-order chi connectivity index (χ1) is 14.3. The smallest absolute Gasteiger partial charge is 0.133 e. The topological polar surface area (TPSA) is 27.7 Å². The highest BCUT2D eigenvalue weighted by molar-refractivity contribution is 5.46. The Morgan fingerprint density at radius 2 is 1.21 bits per heavy atom. The largest absolute Gasteiger partial charge is 0.457 e. The van der Waals surface area contributed by atoms with Gasteiger partial charge in [-0.25, -0.2) is 0 Å². The van der Waals surface area contributed by atoms with Gasteiger partial charge in [0, 0.05) is 24.3 Å². The van der Waals surface area contributed by atoms with E-state index < -0.39 is 0 Å². The summed E-state index contributed by atoms with van der Waals surface area (Å²) in [6, 6.07) is 13.2. The molecule has 0 aromatic heterocycles. The fourth-order valence-electron chi connectivity index (χ4n) is 4.42. The maximum absolute atomic E-state index is 6.59. The SMILES string of the molecule is CCc1ccc(Oc2ccc(CC)cc2C2CCCCO2)c(C2CCCCO2)c1. The van der Waals surface area contributed by atoms with Crippen LogP contribution in [0.1, 0.15) is 86.8 Å². The average Bonchev–Trinajstić information content (AvgIpc) is 2.80. The number of aryl methyl sites for hydroxylation is 2. The van der Waals surface area contributed by atoms with Gasteiger partial charge in [0.1, 0.15) is 11.5 Å². The lowest BCUT2D eigenvalue weighted by Gasteiger charge is -2.27. The normalized spacial score (nSPS) is 22.4. The predicted molar refractivity (Wildman–Crippen MR) is 117 cm³/mol. The van der Waals surface area contributed by atoms with E-state index in [1.54, 1.807) is 0 Å². The molecule has 2 saturated heterocycles. The Kier molecular flexibility index (Phi) is 6.89. The van der Waals surface area contributed by atoms with E-state index in [4.69, 9.17) is 14.2 Å². The van der Waals surface area contributed by atoms with Gasteiger partial charge >= 0.3 is 0 Å². The fraction of sp³-hybridized carbons (Fsp3) is 0.538. The van der Waals surface area contributed by atoms with Gasteiger partial charge < -0.3 is 14.2 Å². The minimum atomic E-state index is 0.134. The van der Waals surface area contributed by atoms with Crippen molar-refractivity contribution in [1.29, 1.82) is 0 Å². The summed E-state index contributed by atoms with van der Waals surface area (Å²) in [5.41, 5.74) is 5.05. The van der Waals surface area contributed by atoms with Crippen LogP contribution in [-0.4, -0.2) is 13.2 Å². The van der Waals surface area contributed by atoms with Crippen LogP contribution in [0.15, 0.2) is 36.4 Å². The van der Waals surface area contributed by atoms with Gasteiger partial charge in [0.2, 0.25) is 0 Å². The van der Waals surface area contributed by atoms with E-state index in [1.807, 2.05) is 0 Å². The van der Waals surface area contributed by atoms with E-state index in [0.717, 1.165) is 63.2 Å². The Morgan fingerprint density at radius 3 is 1.59 bits per heavy atom. The number of benzene rings is 2. The van der Waals surface area contributed by atoms with Crippen LogP contribution in [0.4, 0.5) is 0 Å². The molecule has 0 saturated carbocycles. The van der Waals surface area contributed by atoms with Crippen LogP contribution < -0.4 is 4.74 Å². The van der Waals surface area contributed by atoms with Gasteiger partial charge in [-0.1, -0.05) is 26.0 Å². The second-order valence-corrected chi connectivity index (χ2v) is 8.26. The molecule has 0 N–H and O–H groups in total. The van der Waals surface area contributed by atoms with Gasteiger partial charge in [-0.2, -0.15) is 0 Å². The monoisotopic (exact) mass is 394 g/mol.